The number of pyridine rings is 2. The number of anilines is 1. The van der Waals surface area contributed by atoms with Gasteiger partial charge in [0.05, 0.1) is 23.6 Å². The van der Waals surface area contributed by atoms with Crippen molar-refractivity contribution < 1.29 is 5.11 Å². The molecule has 0 radical (unpaired) electrons. The molecule has 0 aromatic carbocycles. The number of nitrogens with zero attached hydrogens (tertiary/aromatic N) is 4. The van der Waals surface area contributed by atoms with Crippen molar-refractivity contribution in [2.45, 2.75) is 51.2 Å². The van der Waals surface area contributed by atoms with Gasteiger partial charge in [0.15, 0.2) is 0 Å². The normalized spacial score (nSPS) is 19.7. The Labute approximate surface area is 163 Å². The Bertz CT molecular complexity index is 1050. The van der Waals surface area contributed by atoms with E-state index in [1.807, 2.05) is 25.1 Å². The zero-order chi connectivity index (χ0) is 19.7. The Kier molecular flexibility index (Phi) is 5.09. The van der Waals surface area contributed by atoms with Crippen LogP contribution in [0.2, 0.25) is 0 Å². The Morgan fingerprint density at radius 3 is 2.71 bits per heavy atom. The SMILES string of the molecule is Cc1ccnc(Cc2cc3ncn(C)c(=O)c3c(NC3CCC(O)CC3)n2)c1. The topological polar surface area (TPSA) is 92.9 Å². The molecule has 0 unspecified atom stereocenters. The van der Waals surface area contributed by atoms with Crippen molar-refractivity contribution in [2.75, 3.05) is 5.32 Å². The van der Waals surface area contributed by atoms with Crippen molar-refractivity contribution in [3.05, 3.63) is 58.0 Å². The molecule has 0 spiro atoms. The first kappa shape index (κ1) is 18.6. The molecule has 3 aromatic heterocycles. The van der Waals surface area contributed by atoms with Gasteiger partial charge in [-0.2, -0.15) is 0 Å². The van der Waals surface area contributed by atoms with Gasteiger partial charge in [-0.05, 0) is 56.4 Å². The van der Waals surface area contributed by atoms with E-state index in [0.717, 1.165) is 42.6 Å². The molecule has 28 heavy (non-hydrogen) atoms. The summed E-state index contributed by atoms with van der Waals surface area (Å²) in [6.45, 7) is 2.04. The van der Waals surface area contributed by atoms with Crippen molar-refractivity contribution in [1.82, 2.24) is 19.5 Å². The quantitative estimate of drug-likeness (QED) is 0.723. The number of aromatic nitrogens is 4. The Hall–Kier alpha value is -2.80. The standard InChI is InChI=1S/C21H25N5O2/c1-13-7-8-22-15(9-13)10-16-11-18-19(21(28)26(2)12-23-18)20(25-16)24-14-3-5-17(27)6-4-14/h7-9,11-12,14,17,27H,3-6,10H2,1-2H3,(H,24,25). The van der Waals surface area contributed by atoms with E-state index >= 15 is 0 Å². The highest BCUT2D eigenvalue weighted by Crippen LogP contribution is 2.25. The highest BCUT2D eigenvalue weighted by Gasteiger charge is 2.21. The van der Waals surface area contributed by atoms with Gasteiger partial charge in [0.2, 0.25) is 0 Å². The van der Waals surface area contributed by atoms with Crippen LogP contribution in [0, 0.1) is 6.92 Å². The summed E-state index contributed by atoms with van der Waals surface area (Å²) in [5.41, 5.74) is 3.43. The third-order valence-corrected chi connectivity index (χ3v) is 5.33. The van der Waals surface area contributed by atoms with Crippen LogP contribution in [-0.4, -0.2) is 36.8 Å². The Morgan fingerprint density at radius 1 is 1.18 bits per heavy atom. The molecule has 1 saturated carbocycles. The highest BCUT2D eigenvalue weighted by atomic mass is 16.3. The van der Waals surface area contributed by atoms with Gasteiger partial charge in [0.1, 0.15) is 11.2 Å². The van der Waals surface area contributed by atoms with E-state index in [1.165, 1.54) is 4.57 Å². The van der Waals surface area contributed by atoms with Crippen LogP contribution in [-0.2, 0) is 13.5 Å². The van der Waals surface area contributed by atoms with E-state index in [2.05, 4.69) is 15.3 Å². The second-order valence-electron chi connectivity index (χ2n) is 7.67. The molecule has 0 aliphatic heterocycles. The zero-order valence-electron chi connectivity index (χ0n) is 16.2. The molecule has 1 aliphatic carbocycles. The summed E-state index contributed by atoms with van der Waals surface area (Å²) in [6, 6.07) is 6.07. The predicted molar refractivity (Wildman–Crippen MR) is 108 cm³/mol. The van der Waals surface area contributed by atoms with E-state index in [9.17, 15) is 9.90 Å². The summed E-state index contributed by atoms with van der Waals surface area (Å²) in [5, 5.41) is 13.7. The number of aliphatic hydroxyl groups is 1. The van der Waals surface area contributed by atoms with Crippen LogP contribution in [0.4, 0.5) is 5.82 Å². The molecule has 1 fully saturated rings. The first-order chi connectivity index (χ1) is 13.5. The van der Waals surface area contributed by atoms with E-state index in [0.29, 0.717) is 23.1 Å². The van der Waals surface area contributed by atoms with Gasteiger partial charge in [0, 0.05) is 31.4 Å². The number of nitrogens with one attached hydrogen (secondary N) is 1. The number of hydrogen-bond acceptors (Lipinski definition) is 6. The molecule has 7 nitrogen and oxygen atoms in total. The lowest BCUT2D eigenvalue weighted by Gasteiger charge is -2.27. The van der Waals surface area contributed by atoms with Crippen LogP contribution in [0.5, 0.6) is 0 Å². The average molecular weight is 379 g/mol. The predicted octanol–water partition coefficient (Wildman–Crippen LogP) is 2.34. The van der Waals surface area contributed by atoms with Gasteiger partial charge in [0.25, 0.3) is 5.56 Å². The highest BCUT2D eigenvalue weighted by molar-refractivity contribution is 5.88. The lowest BCUT2D eigenvalue weighted by molar-refractivity contribution is 0.126. The molecule has 1 aliphatic rings. The van der Waals surface area contributed by atoms with Crippen LogP contribution >= 0.6 is 0 Å². The maximum atomic E-state index is 12.7. The van der Waals surface area contributed by atoms with E-state index in [-0.39, 0.29) is 17.7 Å². The smallest absolute Gasteiger partial charge is 0.264 e. The molecule has 146 valence electrons. The Balaban J connectivity index is 1.73. The van der Waals surface area contributed by atoms with Crippen LogP contribution < -0.4 is 10.9 Å². The molecule has 0 saturated heterocycles. The first-order valence-corrected chi connectivity index (χ1v) is 9.71. The number of rotatable bonds is 4. The van der Waals surface area contributed by atoms with Gasteiger partial charge in [-0.25, -0.2) is 9.97 Å². The van der Waals surface area contributed by atoms with Gasteiger partial charge in [-0.1, -0.05) is 0 Å². The minimum absolute atomic E-state index is 0.115. The summed E-state index contributed by atoms with van der Waals surface area (Å²) >= 11 is 0. The van der Waals surface area contributed by atoms with Gasteiger partial charge < -0.3 is 15.0 Å². The zero-order valence-corrected chi connectivity index (χ0v) is 16.2. The first-order valence-electron chi connectivity index (χ1n) is 9.71. The van der Waals surface area contributed by atoms with Crippen LogP contribution in [0.15, 0.2) is 35.5 Å². The molecule has 7 heteroatoms. The number of hydrogen-bond donors (Lipinski definition) is 2. The number of fused-ring (bicyclic) bond motifs is 1. The molecule has 3 aromatic rings. The second kappa shape index (κ2) is 7.67. The molecular weight excluding hydrogens is 354 g/mol. The van der Waals surface area contributed by atoms with E-state index < -0.39 is 0 Å². The molecule has 0 atom stereocenters. The maximum absolute atomic E-state index is 12.7. The average Bonchev–Trinajstić information content (AvgIpc) is 2.66. The van der Waals surface area contributed by atoms with Gasteiger partial charge in [-0.15, -0.1) is 0 Å². The minimum atomic E-state index is -0.226. The summed E-state index contributed by atoms with van der Waals surface area (Å²) in [7, 11) is 1.69. The minimum Gasteiger partial charge on any atom is -0.393 e. The third-order valence-electron chi connectivity index (χ3n) is 5.33. The van der Waals surface area contributed by atoms with Gasteiger partial charge >= 0.3 is 0 Å². The molecule has 3 heterocycles. The van der Waals surface area contributed by atoms with Crippen LogP contribution in [0.1, 0.15) is 42.6 Å². The summed E-state index contributed by atoms with van der Waals surface area (Å²) in [4.78, 5) is 26.4. The largest absolute Gasteiger partial charge is 0.393 e. The fourth-order valence-corrected chi connectivity index (χ4v) is 3.76. The summed E-state index contributed by atoms with van der Waals surface area (Å²) in [5.74, 6) is 0.579. The fraction of sp³-hybridized carbons (Fsp3) is 0.429. The van der Waals surface area contributed by atoms with Crippen molar-refractivity contribution in [3.63, 3.8) is 0 Å². The lowest BCUT2D eigenvalue weighted by Crippen LogP contribution is -2.29. The van der Waals surface area contributed by atoms with E-state index in [1.54, 1.807) is 19.6 Å². The molecule has 4 rings (SSSR count). The summed E-state index contributed by atoms with van der Waals surface area (Å²) < 4.78 is 1.47. The number of aryl methyl sites for hydroxylation is 2. The van der Waals surface area contributed by atoms with Crippen molar-refractivity contribution in [1.29, 1.82) is 0 Å². The molecule has 0 bridgehead atoms. The monoisotopic (exact) mass is 379 g/mol. The van der Waals surface area contributed by atoms with Crippen LogP contribution in [0.25, 0.3) is 10.9 Å². The third kappa shape index (κ3) is 3.89. The van der Waals surface area contributed by atoms with Gasteiger partial charge in [-0.3, -0.25) is 9.78 Å². The lowest BCUT2D eigenvalue weighted by atomic mass is 9.93. The van der Waals surface area contributed by atoms with Crippen molar-refractivity contribution in [3.8, 4) is 0 Å². The van der Waals surface area contributed by atoms with E-state index in [4.69, 9.17) is 4.98 Å². The fourth-order valence-electron chi connectivity index (χ4n) is 3.76. The molecule has 2 N–H and O–H groups in total. The van der Waals surface area contributed by atoms with Crippen molar-refractivity contribution in [2.24, 2.45) is 7.05 Å². The maximum Gasteiger partial charge on any atom is 0.264 e. The van der Waals surface area contributed by atoms with Crippen LogP contribution in [0.3, 0.4) is 0 Å². The van der Waals surface area contributed by atoms with Crippen molar-refractivity contribution >= 4 is 16.7 Å². The summed E-state index contributed by atoms with van der Waals surface area (Å²) in [6.07, 6.45) is 6.93. The second-order valence-corrected chi connectivity index (χ2v) is 7.67. The molecule has 0 amide bonds. The Morgan fingerprint density at radius 2 is 1.96 bits per heavy atom. The number of aliphatic hydroxyl groups excluding tert-OH is 1. The molecular formula is C21H25N5O2.